The van der Waals surface area contributed by atoms with E-state index in [4.69, 9.17) is 0 Å². The molecule has 0 saturated carbocycles. The van der Waals surface area contributed by atoms with Crippen LogP contribution in [0.5, 0.6) is 0 Å². The molecule has 1 N–H and O–H groups in total. The van der Waals surface area contributed by atoms with Crippen LogP contribution in [-0.4, -0.2) is 36.1 Å². The fourth-order valence-corrected chi connectivity index (χ4v) is 3.44. The van der Waals surface area contributed by atoms with Gasteiger partial charge in [-0.15, -0.1) is 0 Å². The molecule has 1 unspecified atom stereocenters. The van der Waals surface area contributed by atoms with Crippen molar-refractivity contribution in [3.05, 3.63) is 77.7 Å². The molecule has 3 nitrogen and oxygen atoms in total. The minimum absolute atomic E-state index is 0.102. The lowest BCUT2D eigenvalue weighted by Crippen LogP contribution is -2.45. The Kier molecular flexibility index (Phi) is 4.24. The third-order valence-electron chi connectivity index (χ3n) is 4.63. The molecule has 1 aromatic heterocycles. The molecule has 1 saturated heterocycles. The first-order valence-electron chi connectivity index (χ1n) is 8.36. The zero-order chi connectivity index (χ0) is 16.4. The largest absolute Gasteiger partial charge is 0.314 e. The number of pyridine rings is 1. The van der Waals surface area contributed by atoms with Crippen LogP contribution in [0.4, 0.5) is 4.39 Å². The van der Waals surface area contributed by atoms with Gasteiger partial charge in [-0.3, -0.25) is 9.88 Å². The van der Waals surface area contributed by atoms with E-state index >= 15 is 0 Å². The highest BCUT2D eigenvalue weighted by Gasteiger charge is 2.24. The minimum Gasteiger partial charge on any atom is -0.314 e. The Hall–Kier alpha value is -2.30. The van der Waals surface area contributed by atoms with E-state index in [0.29, 0.717) is 0 Å². The van der Waals surface area contributed by atoms with Crippen LogP contribution in [0, 0.1) is 5.82 Å². The summed E-state index contributed by atoms with van der Waals surface area (Å²) in [4.78, 5) is 7.06. The lowest BCUT2D eigenvalue weighted by atomic mass is 9.96. The van der Waals surface area contributed by atoms with Crippen molar-refractivity contribution in [2.45, 2.75) is 6.04 Å². The van der Waals surface area contributed by atoms with E-state index in [1.54, 1.807) is 12.1 Å². The molecule has 0 bridgehead atoms. The van der Waals surface area contributed by atoms with Gasteiger partial charge in [0.25, 0.3) is 0 Å². The Balaban J connectivity index is 1.79. The van der Waals surface area contributed by atoms with Crippen molar-refractivity contribution in [2.24, 2.45) is 0 Å². The van der Waals surface area contributed by atoms with Crippen LogP contribution in [0.1, 0.15) is 17.2 Å². The summed E-state index contributed by atoms with van der Waals surface area (Å²) >= 11 is 0. The first kappa shape index (κ1) is 15.2. The van der Waals surface area contributed by atoms with E-state index < -0.39 is 0 Å². The second kappa shape index (κ2) is 6.67. The summed E-state index contributed by atoms with van der Waals surface area (Å²) in [6, 6.07) is 17.3. The average Bonchev–Trinajstić information content (AvgIpc) is 2.64. The number of para-hydroxylation sites is 1. The van der Waals surface area contributed by atoms with E-state index in [9.17, 15) is 4.39 Å². The zero-order valence-electron chi connectivity index (χ0n) is 13.5. The first-order valence-corrected chi connectivity index (χ1v) is 8.36. The van der Waals surface area contributed by atoms with Gasteiger partial charge in [0, 0.05) is 37.8 Å². The molecule has 2 aromatic carbocycles. The van der Waals surface area contributed by atoms with Crippen LogP contribution in [-0.2, 0) is 0 Å². The highest BCUT2D eigenvalue weighted by molar-refractivity contribution is 5.79. The molecule has 4 rings (SSSR count). The molecule has 0 spiro atoms. The van der Waals surface area contributed by atoms with Crippen molar-refractivity contribution in [3.63, 3.8) is 0 Å². The third kappa shape index (κ3) is 3.03. The van der Waals surface area contributed by atoms with Crippen LogP contribution >= 0.6 is 0 Å². The molecule has 0 aliphatic carbocycles. The Morgan fingerprint density at radius 1 is 0.958 bits per heavy atom. The maximum Gasteiger partial charge on any atom is 0.123 e. The maximum absolute atomic E-state index is 13.4. The van der Waals surface area contributed by atoms with E-state index in [1.807, 2.05) is 36.5 Å². The Morgan fingerprint density at radius 3 is 2.50 bits per heavy atom. The lowest BCUT2D eigenvalue weighted by Gasteiger charge is -2.35. The number of halogens is 1. The van der Waals surface area contributed by atoms with Crippen LogP contribution in [0.2, 0.25) is 0 Å². The summed E-state index contributed by atoms with van der Waals surface area (Å²) in [5.41, 5.74) is 3.26. The van der Waals surface area contributed by atoms with Crippen LogP contribution < -0.4 is 5.32 Å². The van der Waals surface area contributed by atoms with Crippen molar-refractivity contribution < 1.29 is 4.39 Å². The van der Waals surface area contributed by atoms with Crippen molar-refractivity contribution >= 4 is 10.9 Å². The number of hydrogen-bond donors (Lipinski definition) is 1. The molecular weight excluding hydrogens is 301 g/mol. The number of aromatic nitrogens is 1. The van der Waals surface area contributed by atoms with Gasteiger partial charge in [0.2, 0.25) is 0 Å². The quantitative estimate of drug-likeness (QED) is 0.802. The zero-order valence-corrected chi connectivity index (χ0v) is 13.5. The molecule has 4 heteroatoms. The van der Waals surface area contributed by atoms with Gasteiger partial charge in [0.1, 0.15) is 5.82 Å². The fourth-order valence-electron chi connectivity index (χ4n) is 3.44. The van der Waals surface area contributed by atoms with Gasteiger partial charge in [-0.05, 0) is 35.4 Å². The summed E-state index contributed by atoms with van der Waals surface area (Å²) in [6.45, 7) is 3.88. The molecule has 3 aromatic rings. The van der Waals surface area contributed by atoms with E-state index in [1.165, 1.54) is 0 Å². The van der Waals surface area contributed by atoms with Crippen molar-refractivity contribution in [1.29, 1.82) is 0 Å². The van der Waals surface area contributed by atoms with Gasteiger partial charge in [0.15, 0.2) is 0 Å². The van der Waals surface area contributed by atoms with Gasteiger partial charge in [-0.1, -0.05) is 30.3 Å². The average molecular weight is 321 g/mol. The number of hydrogen-bond acceptors (Lipinski definition) is 3. The summed E-state index contributed by atoms with van der Waals surface area (Å²) in [7, 11) is 0. The number of piperazine rings is 1. The van der Waals surface area contributed by atoms with E-state index in [0.717, 1.165) is 48.2 Å². The van der Waals surface area contributed by atoms with E-state index in [-0.39, 0.29) is 11.9 Å². The summed E-state index contributed by atoms with van der Waals surface area (Å²) in [5.74, 6) is -0.200. The molecule has 1 aliphatic heterocycles. The molecule has 1 fully saturated rings. The second-order valence-electron chi connectivity index (χ2n) is 6.20. The summed E-state index contributed by atoms with van der Waals surface area (Å²) in [6.07, 6.45) is 1.96. The van der Waals surface area contributed by atoms with Crippen molar-refractivity contribution in [1.82, 2.24) is 15.2 Å². The SMILES string of the molecule is Fc1ccc(C(c2cnc3ccccc3c2)N2CCNCC2)cc1. The Morgan fingerprint density at radius 2 is 1.71 bits per heavy atom. The lowest BCUT2D eigenvalue weighted by molar-refractivity contribution is 0.198. The molecule has 24 heavy (non-hydrogen) atoms. The van der Waals surface area contributed by atoms with Crippen LogP contribution in [0.3, 0.4) is 0 Å². The highest BCUT2D eigenvalue weighted by Crippen LogP contribution is 2.30. The van der Waals surface area contributed by atoms with Gasteiger partial charge < -0.3 is 5.32 Å². The Bertz CT molecular complexity index is 826. The van der Waals surface area contributed by atoms with Crippen LogP contribution in [0.25, 0.3) is 10.9 Å². The minimum atomic E-state index is -0.200. The monoisotopic (exact) mass is 321 g/mol. The highest BCUT2D eigenvalue weighted by atomic mass is 19.1. The fraction of sp³-hybridized carbons (Fsp3) is 0.250. The third-order valence-corrected chi connectivity index (χ3v) is 4.63. The molecule has 2 heterocycles. The predicted molar refractivity (Wildman–Crippen MR) is 94.4 cm³/mol. The molecular formula is C20H20FN3. The second-order valence-corrected chi connectivity index (χ2v) is 6.20. The van der Waals surface area contributed by atoms with Crippen molar-refractivity contribution in [3.8, 4) is 0 Å². The van der Waals surface area contributed by atoms with Gasteiger partial charge in [0.05, 0.1) is 11.6 Å². The molecule has 0 radical (unpaired) electrons. The normalized spacial score (nSPS) is 17.0. The van der Waals surface area contributed by atoms with Gasteiger partial charge in [-0.25, -0.2) is 4.39 Å². The molecule has 1 aliphatic rings. The summed E-state index contributed by atoms with van der Waals surface area (Å²) < 4.78 is 13.4. The number of rotatable bonds is 3. The number of benzene rings is 2. The standard InChI is InChI=1S/C20H20FN3/c21-18-7-5-15(6-8-18)20(24-11-9-22-10-12-24)17-13-16-3-1-2-4-19(16)23-14-17/h1-8,13-14,20,22H,9-12H2. The number of fused-ring (bicyclic) bond motifs is 1. The topological polar surface area (TPSA) is 28.2 Å². The molecule has 0 amide bonds. The Labute approximate surface area is 141 Å². The van der Waals surface area contributed by atoms with Gasteiger partial charge >= 0.3 is 0 Å². The van der Waals surface area contributed by atoms with E-state index in [2.05, 4.69) is 27.3 Å². The number of nitrogens with one attached hydrogen (secondary N) is 1. The van der Waals surface area contributed by atoms with Gasteiger partial charge in [-0.2, -0.15) is 0 Å². The predicted octanol–water partition coefficient (Wildman–Crippen LogP) is 3.37. The van der Waals surface area contributed by atoms with Crippen molar-refractivity contribution in [2.75, 3.05) is 26.2 Å². The molecule has 1 atom stereocenters. The maximum atomic E-state index is 13.4. The van der Waals surface area contributed by atoms with Crippen LogP contribution in [0.15, 0.2) is 60.8 Å². The number of nitrogens with zero attached hydrogens (tertiary/aromatic N) is 2. The summed E-state index contributed by atoms with van der Waals surface area (Å²) in [5, 5.41) is 4.53. The first-order chi connectivity index (χ1) is 11.8. The molecule has 122 valence electrons. The smallest absolute Gasteiger partial charge is 0.123 e.